The highest BCUT2D eigenvalue weighted by atomic mass is 32.1. The highest BCUT2D eigenvalue weighted by Gasteiger charge is 2.14. The summed E-state index contributed by atoms with van der Waals surface area (Å²) in [6, 6.07) is 8.64. The van der Waals surface area contributed by atoms with Gasteiger partial charge in [0.05, 0.1) is 0 Å². The summed E-state index contributed by atoms with van der Waals surface area (Å²) in [5.74, 6) is 0. The van der Waals surface area contributed by atoms with E-state index in [9.17, 15) is 0 Å². The first kappa shape index (κ1) is 13.2. The van der Waals surface area contributed by atoms with Crippen LogP contribution in [0.15, 0.2) is 42.0 Å². The molecule has 4 heteroatoms. The first-order valence-corrected chi connectivity index (χ1v) is 7.02. The molecule has 0 aliphatic heterocycles. The van der Waals surface area contributed by atoms with Gasteiger partial charge in [0.1, 0.15) is 0 Å². The van der Waals surface area contributed by atoms with Gasteiger partial charge >= 0.3 is 0 Å². The van der Waals surface area contributed by atoms with Crippen LogP contribution in [0.3, 0.4) is 0 Å². The molecular weight excluding hydrogens is 242 g/mol. The zero-order chi connectivity index (χ0) is 12.8. The van der Waals surface area contributed by atoms with Gasteiger partial charge < -0.3 is 5.73 Å². The third kappa shape index (κ3) is 3.38. The van der Waals surface area contributed by atoms with E-state index >= 15 is 0 Å². The second-order valence-corrected chi connectivity index (χ2v) is 5.37. The lowest BCUT2D eigenvalue weighted by Gasteiger charge is -2.27. The van der Waals surface area contributed by atoms with Crippen LogP contribution in [-0.4, -0.2) is 30.0 Å². The summed E-state index contributed by atoms with van der Waals surface area (Å²) in [5, 5.41) is 2.12. The average Bonchev–Trinajstić information content (AvgIpc) is 2.92. The number of nitrogens with zero attached hydrogens (tertiary/aromatic N) is 2. The minimum Gasteiger partial charge on any atom is -0.329 e. The largest absolute Gasteiger partial charge is 0.329 e. The van der Waals surface area contributed by atoms with Crippen LogP contribution < -0.4 is 5.73 Å². The summed E-state index contributed by atoms with van der Waals surface area (Å²) in [7, 11) is 2.13. The molecule has 0 aliphatic rings. The summed E-state index contributed by atoms with van der Waals surface area (Å²) in [4.78, 5) is 7.79. The Hall–Kier alpha value is -1.23. The summed E-state index contributed by atoms with van der Waals surface area (Å²) in [6.45, 7) is 1.65. The number of aromatic nitrogens is 1. The van der Waals surface area contributed by atoms with Crippen molar-refractivity contribution in [2.75, 3.05) is 20.1 Å². The number of pyridine rings is 1. The van der Waals surface area contributed by atoms with Crippen LogP contribution in [0, 0.1) is 0 Å². The van der Waals surface area contributed by atoms with E-state index in [-0.39, 0.29) is 6.04 Å². The Morgan fingerprint density at radius 3 is 2.72 bits per heavy atom. The second kappa shape index (κ2) is 6.64. The number of thiophene rings is 1. The summed E-state index contributed by atoms with van der Waals surface area (Å²) < 4.78 is 0. The number of likely N-dealkylation sites (N-methyl/N-ethyl adjacent to an activating group) is 1. The van der Waals surface area contributed by atoms with E-state index in [0.717, 1.165) is 13.0 Å². The topological polar surface area (TPSA) is 42.1 Å². The maximum Gasteiger partial charge on any atom is 0.0468 e. The lowest BCUT2D eigenvalue weighted by Crippen LogP contribution is -2.32. The van der Waals surface area contributed by atoms with E-state index < -0.39 is 0 Å². The molecular formula is C14H19N3S. The van der Waals surface area contributed by atoms with Crippen molar-refractivity contribution in [2.24, 2.45) is 5.73 Å². The van der Waals surface area contributed by atoms with Crippen molar-refractivity contribution in [2.45, 2.75) is 12.5 Å². The van der Waals surface area contributed by atoms with E-state index in [1.165, 1.54) is 10.4 Å². The fourth-order valence-corrected chi connectivity index (χ4v) is 2.75. The molecule has 0 radical (unpaired) electrons. The van der Waals surface area contributed by atoms with E-state index in [0.29, 0.717) is 6.54 Å². The normalized spacial score (nSPS) is 12.8. The smallest absolute Gasteiger partial charge is 0.0468 e. The van der Waals surface area contributed by atoms with E-state index in [1.807, 2.05) is 35.9 Å². The summed E-state index contributed by atoms with van der Waals surface area (Å²) in [5.41, 5.74) is 7.13. The highest BCUT2D eigenvalue weighted by Crippen LogP contribution is 2.18. The molecule has 2 aromatic heterocycles. The number of hydrogen-bond donors (Lipinski definition) is 1. The molecule has 0 aliphatic carbocycles. The van der Waals surface area contributed by atoms with Gasteiger partial charge in [-0.25, -0.2) is 0 Å². The van der Waals surface area contributed by atoms with E-state index in [4.69, 9.17) is 5.73 Å². The average molecular weight is 261 g/mol. The van der Waals surface area contributed by atoms with Crippen LogP contribution in [-0.2, 0) is 6.42 Å². The number of nitrogens with two attached hydrogens (primary N) is 1. The molecule has 0 aromatic carbocycles. The van der Waals surface area contributed by atoms with Gasteiger partial charge in [-0.3, -0.25) is 9.88 Å². The van der Waals surface area contributed by atoms with Gasteiger partial charge in [0.15, 0.2) is 0 Å². The van der Waals surface area contributed by atoms with Gasteiger partial charge in [0, 0.05) is 36.4 Å². The minimum atomic E-state index is 0.271. The molecule has 1 unspecified atom stereocenters. The molecule has 1 atom stereocenters. The fourth-order valence-electron chi connectivity index (χ4n) is 2.05. The van der Waals surface area contributed by atoms with Crippen LogP contribution in [0.25, 0.3) is 0 Å². The molecule has 96 valence electrons. The number of hydrogen-bond acceptors (Lipinski definition) is 4. The van der Waals surface area contributed by atoms with Crippen molar-refractivity contribution in [1.82, 2.24) is 9.88 Å². The SMILES string of the molecule is CN(CCc1cccs1)C(CN)c1ccncc1. The predicted molar refractivity (Wildman–Crippen MR) is 76.7 cm³/mol. The minimum absolute atomic E-state index is 0.271. The molecule has 0 amide bonds. The van der Waals surface area contributed by atoms with Gasteiger partial charge in [-0.2, -0.15) is 0 Å². The quantitative estimate of drug-likeness (QED) is 0.867. The van der Waals surface area contributed by atoms with Crippen LogP contribution in [0.5, 0.6) is 0 Å². The van der Waals surface area contributed by atoms with Crippen LogP contribution in [0.4, 0.5) is 0 Å². The Bertz CT molecular complexity index is 441. The Kier molecular flexibility index (Phi) is 4.87. The van der Waals surface area contributed by atoms with Crippen molar-refractivity contribution >= 4 is 11.3 Å². The molecule has 2 rings (SSSR count). The maximum absolute atomic E-state index is 5.90. The first-order valence-electron chi connectivity index (χ1n) is 6.14. The lowest BCUT2D eigenvalue weighted by atomic mass is 10.1. The van der Waals surface area contributed by atoms with Crippen LogP contribution >= 0.6 is 11.3 Å². The number of rotatable bonds is 6. The Labute approximate surface area is 112 Å². The molecule has 18 heavy (non-hydrogen) atoms. The third-order valence-corrected chi connectivity index (χ3v) is 4.07. The van der Waals surface area contributed by atoms with Crippen molar-refractivity contribution in [3.8, 4) is 0 Å². The summed E-state index contributed by atoms with van der Waals surface area (Å²) in [6.07, 6.45) is 4.73. The second-order valence-electron chi connectivity index (χ2n) is 4.34. The Morgan fingerprint density at radius 1 is 1.33 bits per heavy atom. The summed E-state index contributed by atoms with van der Waals surface area (Å²) >= 11 is 1.81. The maximum atomic E-state index is 5.90. The monoisotopic (exact) mass is 261 g/mol. The standard InChI is InChI=1S/C14H19N3S/c1-17(9-6-13-3-2-10-18-13)14(11-15)12-4-7-16-8-5-12/h2-5,7-8,10,14H,6,9,11,15H2,1H3. The molecule has 0 bridgehead atoms. The van der Waals surface area contributed by atoms with Gasteiger partial charge in [-0.1, -0.05) is 6.07 Å². The molecule has 2 heterocycles. The molecule has 0 fully saturated rings. The van der Waals surface area contributed by atoms with Crippen LogP contribution in [0.2, 0.25) is 0 Å². The molecule has 2 aromatic rings. The Balaban J connectivity index is 1.95. The Morgan fingerprint density at radius 2 is 2.11 bits per heavy atom. The highest BCUT2D eigenvalue weighted by molar-refractivity contribution is 7.09. The van der Waals surface area contributed by atoms with Crippen molar-refractivity contribution in [3.63, 3.8) is 0 Å². The fraction of sp³-hybridized carbons (Fsp3) is 0.357. The lowest BCUT2D eigenvalue weighted by molar-refractivity contribution is 0.253. The molecule has 2 N–H and O–H groups in total. The van der Waals surface area contributed by atoms with Gasteiger partial charge in [0.25, 0.3) is 0 Å². The van der Waals surface area contributed by atoms with Crippen LogP contribution in [0.1, 0.15) is 16.5 Å². The predicted octanol–water partition coefficient (Wildman–Crippen LogP) is 2.32. The van der Waals surface area contributed by atoms with Gasteiger partial charge in [0.2, 0.25) is 0 Å². The molecule has 3 nitrogen and oxygen atoms in total. The van der Waals surface area contributed by atoms with Gasteiger partial charge in [-0.15, -0.1) is 11.3 Å². The van der Waals surface area contributed by atoms with Crippen molar-refractivity contribution < 1.29 is 0 Å². The van der Waals surface area contributed by atoms with Crippen molar-refractivity contribution in [1.29, 1.82) is 0 Å². The molecule has 0 saturated carbocycles. The zero-order valence-corrected chi connectivity index (χ0v) is 11.4. The zero-order valence-electron chi connectivity index (χ0n) is 10.6. The molecule has 0 spiro atoms. The third-order valence-electron chi connectivity index (χ3n) is 3.14. The van der Waals surface area contributed by atoms with E-state index in [1.54, 1.807) is 0 Å². The van der Waals surface area contributed by atoms with E-state index in [2.05, 4.69) is 34.4 Å². The van der Waals surface area contributed by atoms with Crippen molar-refractivity contribution in [3.05, 3.63) is 52.5 Å². The van der Waals surface area contributed by atoms with Gasteiger partial charge in [-0.05, 0) is 42.6 Å². The first-order chi connectivity index (χ1) is 8.81. The molecule has 0 saturated heterocycles.